The minimum Gasteiger partial charge on any atom is -0.487 e. The highest BCUT2D eigenvalue weighted by molar-refractivity contribution is 9.11. The first-order valence-corrected chi connectivity index (χ1v) is 7.10. The number of halogens is 1. The maximum atomic E-state index is 12.1. The van der Waals surface area contributed by atoms with Crippen LogP contribution in [0.5, 0.6) is 5.06 Å². The molecule has 2 heterocycles. The number of thiophene rings is 1. The van der Waals surface area contributed by atoms with E-state index < -0.39 is 17.9 Å². The fourth-order valence-corrected chi connectivity index (χ4v) is 3.09. The molecule has 6 nitrogen and oxygen atoms in total. The molecule has 8 heteroatoms. The Morgan fingerprint density at radius 1 is 1.58 bits per heavy atom. The molecule has 0 radical (unpaired) electrons. The second kappa shape index (κ2) is 5.70. The van der Waals surface area contributed by atoms with E-state index in [9.17, 15) is 14.4 Å². The van der Waals surface area contributed by atoms with Crippen molar-refractivity contribution >= 4 is 45.0 Å². The Hall–Kier alpha value is -1.41. The van der Waals surface area contributed by atoms with E-state index >= 15 is 0 Å². The molecule has 0 aromatic carbocycles. The zero-order valence-electron chi connectivity index (χ0n) is 9.99. The van der Waals surface area contributed by atoms with Crippen molar-refractivity contribution in [2.45, 2.75) is 18.9 Å². The number of carbonyl (C=O) groups is 3. The van der Waals surface area contributed by atoms with E-state index in [1.54, 1.807) is 6.07 Å². The molecule has 0 saturated carbocycles. The lowest BCUT2D eigenvalue weighted by Gasteiger charge is -2.21. The molecule has 0 spiro atoms. The van der Waals surface area contributed by atoms with Gasteiger partial charge in [-0.05, 0) is 28.4 Å². The molecule has 1 atom stereocenters. The maximum Gasteiger partial charge on any atom is 0.256 e. The number of ether oxygens (including phenoxy) is 1. The summed E-state index contributed by atoms with van der Waals surface area (Å²) < 4.78 is 5.86. The Morgan fingerprint density at radius 3 is 2.95 bits per heavy atom. The van der Waals surface area contributed by atoms with Crippen LogP contribution in [0.2, 0.25) is 0 Å². The van der Waals surface area contributed by atoms with Gasteiger partial charge >= 0.3 is 0 Å². The van der Waals surface area contributed by atoms with Gasteiger partial charge < -0.3 is 10.1 Å². The van der Waals surface area contributed by atoms with Crippen molar-refractivity contribution in [2.75, 3.05) is 7.11 Å². The highest BCUT2D eigenvalue weighted by atomic mass is 79.9. The molecule has 1 saturated heterocycles. The first kappa shape index (κ1) is 14.0. The van der Waals surface area contributed by atoms with Gasteiger partial charge in [-0.25, -0.2) is 0 Å². The van der Waals surface area contributed by atoms with Gasteiger partial charge in [0.2, 0.25) is 11.8 Å². The summed E-state index contributed by atoms with van der Waals surface area (Å²) >= 11 is 4.56. The smallest absolute Gasteiger partial charge is 0.256 e. The summed E-state index contributed by atoms with van der Waals surface area (Å²) in [6, 6.07) is 0.943. The Morgan fingerprint density at radius 2 is 2.32 bits per heavy atom. The SMILES string of the molecule is COc1sc(Br)cc1C(=O)NC1CCC(=O)NC1=O. The van der Waals surface area contributed by atoms with Gasteiger partial charge in [0.1, 0.15) is 6.04 Å². The van der Waals surface area contributed by atoms with E-state index in [0.717, 1.165) is 3.79 Å². The third-order valence-corrected chi connectivity index (χ3v) is 4.24. The number of piperidine rings is 1. The Bertz CT molecular complexity index is 543. The third-order valence-electron chi connectivity index (χ3n) is 2.64. The monoisotopic (exact) mass is 346 g/mol. The summed E-state index contributed by atoms with van der Waals surface area (Å²) in [6.07, 6.45) is 0.533. The van der Waals surface area contributed by atoms with E-state index in [1.165, 1.54) is 18.4 Å². The Kier molecular flexibility index (Phi) is 4.20. The van der Waals surface area contributed by atoms with Gasteiger partial charge in [-0.1, -0.05) is 11.3 Å². The van der Waals surface area contributed by atoms with Crippen molar-refractivity contribution < 1.29 is 19.1 Å². The molecular formula is C11H11BrN2O4S. The molecule has 1 aliphatic rings. The predicted octanol–water partition coefficient (Wildman–Crippen LogP) is 1.05. The first-order valence-electron chi connectivity index (χ1n) is 5.49. The largest absolute Gasteiger partial charge is 0.487 e. The molecule has 1 aromatic heterocycles. The molecule has 19 heavy (non-hydrogen) atoms. The minimum absolute atomic E-state index is 0.223. The molecule has 1 fully saturated rings. The molecule has 1 aliphatic heterocycles. The number of imide groups is 1. The van der Waals surface area contributed by atoms with E-state index in [2.05, 4.69) is 26.6 Å². The number of nitrogens with one attached hydrogen (secondary N) is 2. The molecule has 3 amide bonds. The van der Waals surface area contributed by atoms with Crippen molar-refractivity contribution in [3.63, 3.8) is 0 Å². The fraction of sp³-hybridized carbons (Fsp3) is 0.364. The molecule has 0 bridgehead atoms. The van der Waals surface area contributed by atoms with Crippen LogP contribution in [-0.4, -0.2) is 30.9 Å². The van der Waals surface area contributed by atoms with Gasteiger partial charge in [0, 0.05) is 6.42 Å². The molecule has 2 N–H and O–H groups in total. The highest BCUT2D eigenvalue weighted by Gasteiger charge is 2.29. The highest BCUT2D eigenvalue weighted by Crippen LogP contribution is 2.33. The number of rotatable bonds is 3. The maximum absolute atomic E-state index is 12.1. The average Bonchev–Trinajstić information content (AvgIpc) is 2.74. The summed E-state index contributed by atoms with van der Waals surface area (Å²) in [5, 5.41) is 5.25. The van der Waals surface area contributed by atoms with Crippen LogP contribution < -0.4 is 15.4 Å². The minimum atomic E-state index is -0.686. The van der Waals surface area contributed by atoms with E-state index in [4.69, 9.17) is 4.74 Å². The number of amides is 3. The van der Waals surface area contributed by atoms with Gasteiger partial charge in [-0.15, -0.1) is 0 Å². The Labute approximate surface area is 121 Å². The number of methoxy groups -OCH3 is 1. The van der Waals surface area contributed by atoms with Crippen LogP contribution in [0.3, 0.4) is 0 Å². The first-order chi connectivity index (χ1) is 9.01. The van der Waals surface area contributed by atoms with Gasteiger partial charge in [0.25, 0.3) is 5.91 Å². The van der Waals surface area contributed by atoms with Crippen LogP contribution in [0.25, 0.3) is 0 Å². The summed E-state index contributed by atoms with van der Waals surface area (Å²) in [5.74, 6) is -1.18. The van der Waals surface area contributed by atoms with Crippen molar-refractivity contribution in [1.82, 2.24) is 10.6 Å². The summed E-state index contributed by atoms with van der Waals surface area (Å²) in [7, 11) is 1.47. The zero-order valence-corrected chi connectivity index (χ0v) is 12.4. The summed E-state index contributed by atoms with van der Waals surface area (Å²) in [4.78, 5) is 34.6. The van der Waals surface area contributed by atoms with E-state index in [-0.39, 0.29) is 12.3 Å². The van der Waals surface area contributed by atoms with Gasteiger partial charge in [0.15, 0.2) is 5.06 Å². The molecule has 2 rings (SSSR count). The van der Waals surface area contributed by atoms with Gasteiger partial charge in [0.05, 0.1) is 16.5 Å². The lowest BCUT2D eigenvalue weighted by molar-refractivity contribution is -0.134. The number of hydrogen-bond donors (Lipinski definition) is 2. The molecule has 1 aromatic rings. The lowest BCUT2D eigenvalue weighted by atomic mass is 10.1. The summed E-state index contributed by atoms with van der Waals surface area (Å²) in [6.45, 7) is 0. The second-order valence-electron chi connectivity index (χ2n) is 3.93. The topological polar surface area (TPSA) is 84.5 Å². The third kappa shape index (κ3) is 3.13. The molecule has 1 unspecified atom stereocenters. The van der Waals surface area contributed by atoms with Gasteiger partial charge in [-0.2, -0.15) is 0 Å². The van der Waals surface area contributed by atoms with E-state index in [1.807, 2.05) is 0 Å². The summed E-state index contributed by atoms with van der Waals surface area (Å²) in [5.41, 5.74) is 0.365. The van der Waals surface area contributed by atoms with Crippen molar-refractivity contribution in [1.29, 1.82) is 0 Å². The zero-order chi connectivity index (χ0) is 14.0. The predicted molar refractivity (Wildman–Crippen MR) is 72.2 cm³/mol. The second-order valence-corrected chi connectivity index (χ2v) is 6.33. The van der Waals surface area contributed by atoms with Crippen molar-refractivity contribution in [2.24, 2.45) is 0 Å². The van der Waals surface area contributed by atoms with Gasteiger partial charge in [-0.3, -0.25) is 19.7 Å². The van der Waals surface area contributed by atoms with Crippen LogP contribution in [0.1, 0.15) is 23.2 Å². The van der Waals surface area contributed by atoms with E-state index in [0.29, 0.717) is 17.0 Å². The fourth-order valence-electron chi connectivity index (χ4n) is 1.72. The van der Waals surface area contributed by atoms with Crippen LogP contribution in [-0.2, 0) is 9.59 Å². The van der Waals surface area contributed by atoms with Crippen LogP contribution >= 0.6 is 27.3 Å². The number of carbonyl (C=O) groups excluding carboxylic acids is 3. The van der Waals surface area contributed by atoms with Crippen LogP contribution in [0, 0.1) is 0 Å². The Balaban J connectivity index is 2.08. The lowest BCUT2D eigenvalue weighted by Crippen LogP contribution is -2.52. The molecular weight excluding hydrogens is 336 g/mol. The number of hydrogen-bond acceptors (Lipinski definition) is 5. The van der Waals surface area contributed by atoms with Crippen LogP contribution in [0.4, 0.5) is 0 Å². The molecule has 102 valence electrons. The van der Waals surface area contributed by atoms with Crippen molar-refractivity contribution in [3.8, 4) is 5.06 Å². The normalized spacial score (nSPS) is 18.9. The standard InChI is InChI=1S/C11H11BrN2O4S/c1-18-11-5(4-7(12)19-11)9(16)13-6-2-3-8(15)14-10(6)17/h4,6H,2-3H2,1H3,(H,13,16)(H,14,15,17). The average molecular weight is 347 g/mol. The van der Waals surface area contributed by atoms with Crippen molar-refractivity contribution in [3.05, 3.63) is 15.4 Å². The quantitative estimate of drug-likeness (QED) is 0.801. The molecule has 0 aliphatic carbocycles. The van der Waals surface area contributed by atoms with Crippen LogP contribution in [0.15, 0.2) is 9.85 Å².